The first-order chi connectivity index (χ1) is 13.5. The monoisotopic (exact) mass is 413 g/mol. The number of non-ortho nitro benzene ring substituents is 1. The van der Waals surface area contributed by atoms with Crippen LogP contribution in [0.4, 0.5) is 5.69 Å². The van der Waals surface area contributed by atoms with Crippen LogP contribution in [-0.4, -0.2) is 23.5 Å². The Bertz CT molecular complexity index is 1140. The van der Waals surface area contributed by atoms with Crippen LogP contribution in [0.5, 0.6) is 0 Å². The summed E-state index contributed by atoms with van der Waals surface area (Å²) in [5.41, 5.74) is 1.09. The van der Waals surface area contributed by atoms with Crippen molar-refractivity contribution in [3.63, 3.8) is 0 Å². The van der Waals surface area contributed by atoms with Crippen molar-refractivity contribution >= 4 is 32.8 Å². The molecule has 7 nitrogen and oxygen atoms in total. The third kappa shape index (κ3) is 3.30. The molecular formula is C19H15N3O4S2. The van der Waals surface area contributed by atoms with Gasteiger partial charge >= 0.3 is 0 Å². The number of nitrogens with zero attached hydrogens (tertiary/aromatic N) is 3. The summed E-state index contributed by atoms with van der Waals surface area (Å²) < 4.78 is 27.6. The fourth-order valence-corrected chi connectivity index (χ4v) is 5.27. The molecule has 2 aromatic carbocycles. The third-order valence-electron chi connectivity index (χ3n) is 4.43. The molecular weight excluding hydrogens is 398 g/mol. The van der Waals surface area contributed by atoms with Crippen molar-refractivity contribution in [2.45, 2.75) is 17.4 Å². The minimum absolute atomic E-state index is 0.0841. The van der Waals surface area contributed by atoms with Crippen molar-refractivity contribution in [2.75, 3.05) is 0 Å². The lowest BCUT2D eigenvalue weighted by Gasteiger charge is -2.23. The molecule has 1 aromatic heterocycles. The van der Waals surface area contributed by atoms with E-state index in [9.17, 15) is 18.5 Å². The van der Waals surface area contributed by atoms with Crippen molar-refractivity contribution in [3.05, 3.63) is 92.7 Å². The van der Waals surface area contributed by atoms with Crippen molar-refractivity contribution in [3.8, 4) is 0 Å². The predicted molar refractivity (Wildman–Crippen MR) is 107 cm³/mol. The second-order valence-electron chi connectivity index (χ2n) is 6.19. The highest BCUT2D eigenvalue weighted by atomic mass is 32.2. The Balaban J connectivity index is 1.81. The first-order valence-corrected chi connectivity index (χ1v) is 10.7. The minimum Gasteiger partial charge on any atom is -0.258 e. The van der Waals surface area contributed by atoms with Crippen LogP contribution in [0.1, 0.15) is 22.9 Å². The highest BCUT2D eigenvalue weighted by Gasteiger charge is 2.38. The van der Waals surface area contributed by atoms with Crippen LogP contribution in [0, 0.1) is 10.1 Å². The predicted octanol–water partition coefficient (Wildman–Crippen LogP) is 4.20. The summed E-state index contributed by atoms with van der Waals surface area (Å²) in [6, 6.07) is 17.2. The van der Waals surface area contributed by atoms with Crippen LogP contribution in [0.2, 0.25) is 0 Å². The smallest absolute Gasteiger partial charge is 0.258 e. The molecule has 0 N–H and O–H groups in total. The molecule has 2 heterocycles. The van der Waals surface area contributed by atoms with Gasteiger partial charge in [0.05, 0.1) is 26.4 Å². The molecule has 0 unspecified atom stereocenters. The van der Waals surface area contributed by atoms with E-state index in [1.165, 1.54) is 35.6 Å². The molecule has 0 bridgehead atoms. The van der Waals surface area contributed by atoms with E-state index in [1.807, 2.05) is 17.5 Å². The van der Waals surface area contributed by atoms with E-state index in [2.05, 4.69) is 5.10 Å². The standard InChI is InChI=1S/C19H15N3O4S2/c23-22(24)15-7-4-6-14(12-15)18-13-17(19-10-5-11-27-19)20-21(18)28(25,26)16-8-2-1-3-9-16/h1-12,18H,13H2/t18-/m1/s1. The Kier molecular flexibility index (Phi) is 4.70. The van der Waals surface area contributed by atoms with Crippen molar-refractivity contribution in [2.24, 2.45) is 5.10 Å². The highest BCUT2D eigenvalue weighted by Crippen LogP contribution is 2.38. The van der Waals surface area contributed by atoms with Gasteiger partial charge in [-0.05, 0) is 29.1 Å². The third-order valence-corrected chi connectivity index (χ3v) is 7.05. The van der Waals surface area contributed by atoms with Crippen LogP contribution < -0.4 is 0 Å². The van der Waals surface area contributed by atoms with Gasteiger partial charge in [0.2, 0.25) is 0 Å². The zero-order valence-corrected chi connectivity index (χ0v) is 16.1. The van der Waals surface area contributed by atoms with Crippen molar-refractivity contribution in [1.29, 1.82) is 0 Å². The molecule has 142 valence electrons. The molecule has 28 heavy (non-hydrogen) atoms. The Morgan fingerprint density at radius 2 is 1.86 bits per heavy atom. The van der Waals surface area contributed by atoms with Crippen LogP contribution in [-0.2, 0) is 10.0 Å². The molecule has 0 saturated heterocycles. The molecule has 0 radical (unpaired) electrons. The van der Waals surface area contributed by atoms with Gasteiger partial charge in [0.15, 0.2) is 0 Å². The minimum atomic E-state index is -3.91. The lowest BCUT2D eigenvalue weighted by molar-refractivity contribution is -0.384. The number of hydrazone groups is 1. The van der Waals surface area contributed by atoms with Gasteiger partial charge in [-0.3, -0.25) is 10.1 Å². The van der Waals surface area contributed by atoms with E-state index in [0.717, 1.165) is 9.29 Å². The molecule has 1 atom stereocenters. The molecule has 0 fully saturated rings. The maximum atomic E-state index is 13.2. The van der Waals surface area contributed by atoms with Crippen LogP contribution in [0.15, 0.2) is 82.1 Å². The second-order valence-corrected chi connectivity index (χ2v) is 8.93. The Hall–Kier alpha value is -3.04. The van der Waals surface area contributed by atoms with Gasteiger partial charge < -0.3 is 0 Å². The van der Waals surface area contributed by atoms with Gasteiger partial charge in [-0.25, -0.2) is 0 Å². The zero-order chi connectivity index (χ0) is 19.7. The second kappa shape index (κ2) is 7.17. The highest BCUT2D eigenvalue weighted by molar-refractivity contribution is 7.89. The largest absolute Gasteiger partial charge is 0.279 e. The summed E-state index contributed by atoms with van der Waals surface area (Å²) >= 11 is 1.47. The summed E-state index contributed by atoms with van der Waals surface area (Å²) in [5.74, 6) is 0. The number of nitro groups is 1. The maximum absolute atomic E-state index is 13.2. The van der Waals surface area contributed by atoms with Gasteiger partial charge in [-0.2, -0.15) is 17.9 Å². The molecule has 3 aromatic rings. The fourth-order valence-electron chi connectivity index (χ4n) is 3.10. The van der Waals surface area contributed by atoms with Crippen molar-refractivity contribution in [1.82, 2.24) is 4.41 Å². The van der Waals surface area contributed by atoms with Crippen molar-refractivity contribution < 1.29 is 13.3 Å². The van der Waals surface area contributed by atoms with Gasteiger partial charge in [-0.15, -0.1) is 11.3 Å². The maximum Gasteiger partial charge on any atom is 0.279 e. The Morgan fingerprint density at radius 1 is 1.07 bits per heavy atom. The molecule has 0 spiro atoms. The van der Waals surface area contributed by atoms with E-state index in [1.54, 1.807) is 30.3 Å². The van der Waals surface area contributed by atoms with Gasteiger partial charge in [0.1, 0.15) is 0 Å². The number of benzene rings is 2. The number of hydrogen-bond acceptors (Lipinski definition) is 6. The van der Waals surface area contributed by atoms with Crippen LogP contribution in [0.3, 0.4) is 0 Å². The number of thiophene rings is 1. The normalized spacial score (nSPS) is 16.8. The summed E-state index contributed by atoms with van der Waals surface area (Å²) in [7, 11) is -3.91. The molecule has 9 heteroatoms. The van der Waals surface area contributed by atoms with E-state index in [4.69, 9.17) is 0 Å². The first-order valence-electron chi connectivity index (χ1n) is 8.42. The molecule has 0 amide bonds. The number of hydrogen-bond donors (Lipinski definition) is 0. The number of rotatable bonds is 5. The average molecular weight is 413 g/mol. The Morgan fingerprint density at radius 3 is 2.54 bits per heavy atom. The van der Waals surface area contributed by atoms with E-state index in [-0.39, 0.29) is 10.6 Å². The fraction of sp³-hybridized carbons (Fsp3) is 0.105. The SMILES string of the molecule is O=[N+]([O-])c1cccc([C@H]2CC(c3cccs3)=NN2S(=O)(=O)c2ccccc2)c1. The number of sulfonamides is 1. The van der Waals surface area contributed by atoms with E-state index in [0.29, 0.717) is 17.7 Å². The lowest BCUT2D eigenvalue weighted by atomic mass is 10.0. The topological polar surface area (TPSA) is 92.9 Å². The van der Waals surface area contributed by atoms with Gasteiger partial charge in [0.25, 0.3) is 15.7 Å². The molecule has 0 saturated carbocycles. The summed E-state index contributed by atoms with van der Waals surface area (Å²) in [4.78, 5) is 11.7. The molecule has 0 aliphatic carbocycles. The van der Waals surface area contributed by atoms with Gasteiger partial charge in [0, 0.05) is 18.6 Å². The van der Waals surface area contributed by atoms with E-state index >= 15 is 0 Å². The molecule has 1 aliphatic heterocycles. The average Bonchev–Trinajstić information content (AvgIpc) is 3.39. The first kappa shape index (κ1) is 18.3. The quantitative estimate of drug-likeness (QED) is 0.463. The summed E-state index contributed by atoms with van der Waals surface area (Å²) in [6.07, 6.45) is 0.341. The summed E-state index contributed by atoms with van der Waals surface area (Å²) in [5, 5.41) is 17.5. The lowest BCUT2D eigenvalue weighted by Crippen LogP contribution is -2.27. The molecule has 1 aliphatic rings. The van der Waals surface area contributed by atoms with Crippen LogP contribution in [0.25, 0.3) is 0 Å². The van der Waals surface area contributed by atoms with E-state index < -0.39 is 21.0 Å². The Labute approximate surface area is 165 Å². The molecule has 4 rings (SSSR count). The zero-order valence-electron chi connectivity index (χ0n) is 14.5. The van der Waals surface area contributed by atoms with Gasteiger partial charge in [-0.1, -0.05) is 36.4 Å². The number of nitro benzene ring substituents is 1. The van der Waals surface area contributed by atoms with Crippen LogP contribution >= 0.6 is 11.3 Å². The summed E-state index contributed by atoms with van der Waals surface area (Å²) in [6.45, 7) is 0.